The largest absolute Gasteiger partial charge is 0.493 e. The van der Waals surface area contributed by atoms with Crippen molar-refractivity contribution in [3.63, 3.8) is 0 Å². The van der Waals surface area contributed by atoms with Crippen molar-refractivity contribution in [1.82, 2.24) is 0 Å². The monoisotopic (exact) mass is 275 g/mol. The molecule has 0 amide bonds. The van der Waals surface area contributed by atoms with E-state index in [4.69, 9.17) is 4.74 Å². The van der Waals surface area contributed by atoms with Crippen LogP contribution in [0.5, 0.6) is 5.75 Å². The van der Waals surface area contributed by atoms with Crippen molar-refractivity contribution in [1.29, 1.82) is 0 Å². The Morgan fingerprint density at radius 3 is 2.85 bits per heavy atom. The molecule has 1 atom stereocenters. The van der Waals surface area contributed by atoms with E-state index in [2.05, 4.69) is 51.2 Å². The van der Waals surface area contributed by atoms with Crippen LogP contribution in [0.2, 0.25) is 0 Å². The van der Waals surface area contributed by atoms with Gasteiger partial charge in [-0.3, -0.25) is 0 Å². The van der Waals surface area contributed by atoms with E-state index in [9.17, 15) is 0 Å². The van der Waals surface area contributed by atoms with Gasteiger partial charge < -0.3 is 10.1 Å². The van der Waals surface area contributed by atoms with Crippen LogP contribution in [0.25, 0.3) is 0 Å². The minimum Gasteiger partial charge on any atom is -0.493 e. The molecule has 0 saturated heterocycles. The number of nitrogens with one attached hydrogen (secondary N) is 1. The Bertz CT molecular complexity index is 425. The normalized spacial score (nSPS) is 21.8. The molecule has 0 bridgehead atoms. The molecular weight excluding hydrogens is 246 g/mol. The average molecular weight is 275 g/mol. The molecule has 1 N–H and O–H groups in total. The standard InChI is InChI=1S/C18H29NO/c1-14(2)13-20-17-9-5-7-15(11-17)19-16-8-6-10-18(3,4)12-16/h5,7,9,11,14,16,19H,6,8,10,12-13H2,1-4H3. The molecule has 1 aromatic carbocycles. The fourth-order valence-electron chi connectivity index (χ4n) is 3.00. The van der Waals surface area contributed by atoms with Crippen LogP contribution >= 0.6 is 0 Å². The highest BCUT2D eigenvalue weighted by Crippen LogP contribution is 2.36. The molecule has 0 aromatic heterocycles. The summed E-state index contributed by atoms with van der Waals surface area (Å²) < 4.78 is 5.80. The second-order valence-electron chi connectivity index (χ2n) is 7.33. The van der Waals surface area contributed by atoms with E-state index in [1.165, 1.54) is 31.4 Å². The minimum absolute atomic E-state index is 0.474. The predicted octanol–water partition coefficient (Wildman–Crippen LogP) is 5.10. The lowest BCUT2D eigenvalue weighted by molar-refractivity contribution is 0.229. The Hall–Kier alpha value is -1.18. The molecule has 0 heterocycles. The van der Waals surface area contributed by atoms with Crippen LogP contribution in [0.4, 0.5) is 5.69 Å². The Kier molecular flexibility index (Phi) is 4.95. The van der Waals surface area contributed by atoms with Crippen molar-refractivity contribution < 1.29 is 4.74 Å². The molecular formula is C18H29NO. The summed E-state index contributed by atoms with van der Waals surface area (Å²) in [5.74, 6) is 1.53. The smallest absolute Gasteiger partial charge is 0.121 e. The van der Waals surface area contributed by atoms with Gasteiger partial charge in [0, 0.05) is 17.8 Å². The predicted molar refractivity (Wildman–Crippen MR) is 86.4 cm³/mol. The van der Waals surface area contributed by atoms with Gasteiger partial charge in [0.1, 0.15) is 5.75 Å². The Balaban J connectivity index is 1.93. The molecule has 2 rings (SSSR count). The van der Waals surface area contributed by atoms with Crippen LogP contribution in [0.1, 0.15) is 53.4 Å². The van der Waals surface area contributed by atoms with Gasteiger partial charge in [-0.1, -0.05) is 40.2 Å². The highest BCUT2D eigenvalue weighted by Gasteiger charge is 2.27. The first-order valence-electron chi connectivity index (χ1n) is 7.94. The number of benzene rings is 1. The van der Waals surface area contributed by atoms with E-state index < -0.39 is 0 Å². The number of hydrogen-bond acceptors (Lipinski definition) is 2. The first-order chi connectivity index (χ1) is 9.44. The van der Waals surface area contributed by atoms with Crippen molar-refractivity contribution in [2.45, 2.75) is 59.4 Å². The number of anilines is 1. The molecule has 20 heavy (non-hydrogen) atoms. The van der Waals surface area contributed by atoms with Crippen molar-refractivity contribution in [3.8, 4) is 5.75 Å². The van der Waals surface area contributed by atoms with Crippen LogP contribution < -0.4 is 10.1 Å². The van der Waals surface area contributed by atoms with Crippen LogP contribution in [-0.2, 0) is 0 Å². The molecule has 112 valence electrons. The van der Waals surface area contributed by atoms with Gasteiger partial charge in [0.15, 0.2) is 0 Å². The zero-order valence-electron chi connectivity index (χ0n) is 13.4. The molecule has 0 spiro atoms. The molecule has 2 nitrogen and oxygen atoms in total. The van der Waals surface area contributed by atoms with E-state index in [1.54, 1.807) is 0 Å². The lowest BCUT2D eigenvalue weighted by Crippen LogP contribution is -2.31. The summed E-state index contributed by atoms with van der Waals surface area (Å²) in [6, 6.07) is 8.98. The fourth-order valence-corrected chi connectivity index (χ4v) is 3.00. The molecule has 1 aliphatic rings. The van der Waals surface area contributed by atoms with Gasteiger partial charge in [-0.15, -0.1) is 0 Å². The zero-order chi connectivity index (χ0) is 14.6. The summed E-state index contributed by atoms with van der Waals surface area (Å²) >= 11 is 0. The van der Waals surface area contributed by atoms with Gasteiger partial charge in [0.2, 0.25) is 0 Å². The first kappa shape index (κ1) is 15.2. The number of rotatable bonds is 5. The van der Waals surface area contributed by atoms with Crippen LogP contribution in [-0.4, -0.2) is 12.6 Å². The summed E-state index contributed by atoms with van der Waals surface area (Å²) in [4.78, 5) is 0. The molecule has 2 heteroatoms. The minimum atomic E-state index is 0.474. The molecule has 1 aliphatic carbocycles. The second kappa shape index (κ2) is 6.51. The van der Waals surface area contributed by atoms with Gasteiger partial charge in [-0.05, 0) is 42.7 Å². The number of hydrogen-bond donors (Lipinski definition) is 1. The molecule has 1 saturated carbocycles. The van der Waals surface area contributed by atoms with Crippen molar-refractivity contribution in [2.24, 2.45) is 11.3 Å². The molecule has 0 radical (unpaired) electrons. The van der Waals surface area contributed by atoms with Gasteiger partial charge in [0.25, 0.3) is 0 Å². The maximum absolute atomic E-state index is 5.80. The molecule has 1 unspecified atom stereocenters. The summed E-state index contributed by atoms with van der Waals surface area (Å²) in [7, 11) is 0. The molecule has 0 aliphatic heterocycles. The maximum Gasteiger partial charge on any atom is 0.121 e. The van der Waals surface area contributed by atoms with E-state index in [0.717, 1.165) is 12.4 Å². The zero-order valence-corrected chi connectivity index (χ0v) is 13.4. The van der Waals surface area contributed by atoms with Gasteiger partial charge >= 0.3 is 0 Å². The van der Waals surface area contributed by atoms with E-state index in [-0.39, 0.29) is 0 Å². The third-order valence-corrected chi connectivity index (χ3v) is 3.99. The quantitative estimate of drug-likeness (QED) is 0.807. The van der Waals surface area contributed by atoms with Crippen molar-refractivity contribution in [2.75, 3.05) is 11.9 Å². The fraction of sp³-hybridized carbons (Fsp3) is 0.667. The third-order valence-electron chi connectivity index (χ3n) is 3.99. The summed E-state index contributed by atoms with van der Waals surface area (Å²) in [6.07, 6.45) is 5.21. The maximum atomic E-state index is 5.80. The van der Waals surface area contributed by atoms with Gasteiger partial charge in [0.05, 0.1) is 6.61 Å². The second-order valence-corrected chi connectivity index (χ2v) is 7.33. The van der Waals surface area contributed by atoms with Crippen molar-refractivity contribution >= 4 is 5.69 Å². The number of ether oxygens (including phenoxy) is 1. The van der Waals surface area contributed by atoms with E-state index >= 15 is 0 Å². The average Bonchev–Trinajstić information content (AvgIpc) is 2.35. The lowest BCUT2D eigenvalue weighted by atomic mass is 9.75. The van der Waals surface area contributed by atoms with Crippen molar-refractivity contribution in [3.05, 3.63) is 24.3 Å². The molecule has 1 fully saturated rings. The highest BCUT2D eigenvalue weighted by molar-refractivity contribution is 5.49. The van der Waals surface area contributed by atoms with Crippen LogP contribution in [0.3, 0.4) is 0 Å². The topological polar surface area (TPSA) is 21.3 Å². The summed E-state index contributed by atoms with van der Waals surface area (Å²) in [5, 5.41) is 3.68. The lowest BCUT2D eigenvalue weighted by Gasteiger charge is -2.36. The van der Waals surface area contributed by atoms with Crippen LogP contribution in [0, 0.1) is 11.3 Å². The van der Waals surface area contributed by atoms with Crippen LogP contribution in [0.15, 0.2) is 24.3 Å². The Morgan fingerprint density at radius 2 is 2.15 bits per heavy atom. The van der Waals surface area contributed by atoms with E-state index in [0.29, 0.717) is 17.4 Å². The van der Waals surface area contributed by atoms with Gasteiger partial charge in [-0.25, -0.2) is 0 Å². The third kappa shape index (κ3) is 4.73. The Morgan fingerprint density at radius 1 is 1.35 bits per heavy atom. The molecule has 1 aromatic rings. The first-order valence-corrected chi connectivity index (χ1v) is 7.94. The van der Waals surface area contributed by atoms with E-state index in [1.807, 2.05) is 6.07 Å². The summed E-state index contributed by atoms with van der Waals surface area (Å²) in [6.45, 7) is 9.88. The highest BCUT2D eigenvalue weighted by atomic mass is 16.5. The van der Waals surface area contributed by atoms with Gasteiger partial charge in [-0.2, -0.15) is 0 Å². The summed E-state index contributed by atoms with van der Waals surface area (Å²) in [5.41, 5.74) is 1.66. The SMILES string of the molecule is CC(C)COc1cccc(NC2CCCC(C)(C)C2)c1. The Labute approximate surface area is 123 Å².